The van der Waals surface area contributed by atoms with Crippen molar-refractivity contribution < 1.29 is 73.5 Å². The molecule has 0 radical (unpaired) electrons. The summed E-state index contributed by atoms with van der Waals surface area (Å²) in [4.78, 5) is 120. The molecule has 4 atom stereocenters. The highest BCUT2D eigenvalue weighted by Gasteiger charge is 2.32. The Morgan fingerprint density at radius 2 is 1.21 bits per heavy atom. The number of rotatable bonds is 30. The molecule has 0 fully saturated rings. The Morgan fingerprint density at radius 1 is 0.603 bits per heavy atom. The smallest absolute Gasteiger partial charge is 0.327 e. The molecule has 0 aliphatic carbocycles. The van der Waals surface area contributed by atoms with E-state index in [4.69, 9.17) is 5.11 Å². The number of carbonyl (C=O) groups is 10. The topological polar surface area (TPSA) is 344 Å². The summed E-state index contributed by atoms with van der Waals surface area (Å²) >= 11 is 0. The lowest BCUT2D eigenvalue weighted by Gasteiger charge is -2.21. The average molecular weight is 859 g/mol. The van der Waals surface area contributed by atoms with Crippen molar-refractivity contribution in [1.82, 2.24) is 31.9 Å². The maximum Gasteiger partial charge on any atom is 0.327 e. The van der Waals surface area contributed by atoms with Crippen molar-refractivity contribution in [2.75, 3.05) is 24.6 Å². The average Bonchev–Trinajstić information content (AvgIpc) is 3.14. The van der Waals surface area contributed by atoms with Crippen molar-refractivity contribution in [3.63, 3.8) is 0 Å². The summed E-state index contributed by atoms with van der Waals surface area (Å²) in [5.74, 6) is -10.2. The minimum Gasteiger partial charge on any atom is -0.481 e. The van der Waals surface area contributed by atoms with Crippen LogP contribution in [0.2, 0.25) is 0 Å². The van der Waals surface area contributed by atoms with E-state index in [1.54, 1.807) is 24.3 Å². The SMILES string of the molecule is CCSSC[C@@H](NC(=O)[C@@H](CC(=O)O)CC(=O)[C@@H](CC(=O)O)NC(=O)Cc1ccc(CNC(=O)NCCCC[C@H](NC(=O)NCCCC(=O)O)C(=O)O)cc1)C(=O)O. The van der Waals surface area contributed by atoms with Gasteiger partial charge in [-0.25, -0.2) is 19.2 Å². The minimum absolute atomic E-state index is 0.0376. The zero-order valence-electron chi connectivity index (χ0n) is 31.7. The molecule has 23 heteroatoms. The molecule has 0 aliphatic heterocycles. The summed E-state index contributed by atoms with van der Waals surface area (Å²) < 4.78 is 0. The molecule has 0 aliphatic rings. The zero-order chi connectivity index (χ0) is 43.6. The summed E-state index contributed by atoms with van der Waals surface area (Å²) in [6, 6.07) is 0.932. The number of nitrogens with one attached hydrogen (secondary N) is 6. The number of aliphatic carboxylic acids is 5. The number of hydrogen-bond acceptors (Lipinski definition) is 12. The molecule has 0 unspecified atom stereocenters. The van der Waals surface area contributed by atoms with Gasteiger partial charge in [0.2, 0.25) is 11.8 Å². The number of benzene rings is 1. The predicted octanol–water partition coefficient (Wildman–Crippen LogP) is 0.796. The highest BCUT2D eigenvalue weighted by molar-refractivity contribution is 8.76. The Hall–Kier alpha value is -5.58. The third-order valence-electron chi connectivity index (χ3n) is 7.89. The zero-order valence-corrected chi connectivity index (χ0v) is 33.3. The fraction of sp³-hybridized carbons (Fsp3) is 0.543. The monoisotopic (exact) mass is 858 g/mol. The van der Waals surface area contributed by atoms with E-state index in [9.17, 15) is 68.4 Å². The third-order valence-corrected chi connectivity index (χ3v) is 10.4. The first kappa shape index (κ1) is 50.4. The van der Waals surface area contributed by atoms with E-state index < -0.39 is 103 Å². The molecule has 0 spiro atoms. The molecule has 11 N–H and O–H groups in total. The van der Waals surface area contributed by atoms with Crippen LogP contribution in [0.15, 0.2) is 24.3 Å². The molecule has 21 nitrogen and oxygen atoms in total. The number of Topliss-reactive ketones (excluding diaryl/α,β-unsaturated/α-hetero) is 1. The lowest BCUT2D eigenvalue weighted by atomic mass is 9.93. The van der Waals surface area contributed by atoms with E-state index in [-0.39, 0.29) is 51.1 Å². The maximum atomic E-state index is 13.1. The Bertz CT molecular complexity index is 1600. The summed E-state index contributed by atoms with van der Waals surface area (Å²) in [5.41, 5.74) is 1.10. The molecule has 0 aromatic heterocycles. The van der Waals surface area contributed by atoms with Crippen LogP contribution in [0.4, 0.5) is 9.59 Å². The van der Waals surface area contributed by atoms with E-state index in [2.05, 4.69) is 31.9 Å². The number of ketones is 1. The van der Waals surface area contributed by atoms with Crippen LogP contribution in [0, 0.1) is 5.92 Å². The molecule has 0 heterocycles. The minimum atomic E-state index is -1.62. The second kappa shape index (κ2) is 27.9. The second-order valence-corrected chi connectivity index (χ2v) is 15.5. The Labute approximate surface area is 341 Å². The van der Waals surface area contributed by atoms with Gasteiger partial charge in [-0.15, -0.1) is 0 Å². The molecular formula is C35H50N6O15S2. The molecule has 6 amide bonds. The van der Waals surface area contributed by atoms with Crippen molar-refractivity contribution in [3.05, 3.63) is 35.4 Å². The molecule has 0 saturated carbocycles. The molecule has 322 valence electrons. The number of carbonyl (C=O) groups excluding carboxylic acids is 5. The van der Waals surface area contributed by atoms with E-state index >= 15 is 0 Å². The van der Waals surface area contributed by atoms with Crippen molar-refractivity contribution in [3.8, 4) is 0 Å². The van der Waals surface area contributed by atoms with Gasteiger partial charge in [-0.2, -0.15) is 0 Å². The Kier molecular flexibility index (Phi) is 24.3. The molecule has 1 aromatic carbocycles. The van der Waals surface area contributed by atoms with Gasteiger partial charge in [-0.1, -0.05) is 52.8 Å². The molecule has 1 rings (SSSR count). The van der Waals surface area contributed by atoms with Crippen LogP contribution in [-0.4, -0.2) is 128 Å². The summed E-state index contributed by atoms with van der Waals surface area (Å²) in [6.45, 7) is 2.20. The van der Waals surface area contributed by atoms with E-state index in [1.165, 1.54) is 21.6 Å². The van der Waals surface area contributed by atoms with Gasteiger partial charge in [-0.05, 0) is 36.8 Å². The predicted molar refractivity (Wildman–Crippen MR) is 209 cm³/mol. The van der Waals surface area contributed by atoms with E-state index in [0.29, 0.717) is 29.7 Å². The third kappa shape index (κ3) is 22.8. The Morgan fingerprint density at radius 3 is 1.79 bits per heavy atom. The summed E-state index contributed by atoms with van der Waals surface area (Å²) in [6.07, 6.45) is -1.90. The van der Waals surface area contributed by atoms with Crippen molar-refractivity contribution >= 4 is 81.1 Å². The fourth-order valence-electron chi connectivity index (χ4n) is 4.97. The van der Waals surface area contributed by atoms with Crippen molar-refractivity contribution in [1.29, 1.82) is 0 Å². The van der Waals surface area contributed by atoms with Crippen LogP contribution >= 0.6 is 21.6 Å². The lowest BCUT2D eigenvalue weighted by Crippen LogP contribution is -2.48. The van der Waals surface area contributed by atoms with Crippen molar-refractivity contribution in [2.24, 2.45) is 5.92 Å². The molecule has 0 bridgehead atoms. The van der Waals surface area contributed by atoms with E-state index in [0.717, 1.165) is 0 Å². The van der Waals surface area contributed by atoms with Gasteiger partial charge in [0.15, 0.2) is 5.78 Å². The second-order valence-electron chi connectivity index (χ2n) is 12.7. The summed E-state index contributed by atoms with van der Waals surface area (Å²) in [7, 11) is 2.53. The highest BCUT2D eigenvalue weighted by atomic mass is 33.1. The lowest BCUT2D eigenvalue weighted by molar-refractivity contribution is -0.145. The van der Waals surface area contributed by atoms with Crippen LogP contribution in [0.1, 0.15) is 69.4 Å². The number of hydrogen-bond donors (Lipinski definition) is 11. The maximum absolute atomic E-state index is 13.1. The normalized spacial score (nSPS) is 12.7. The molecule has 0 saturated heterocycles. The number of carboxylic acids is 5. The van der Waals surface area contributed by atoms with Gasteiger partial charge in [0, 0.05) is 44.0 Å². The van der Waals surface area contributed by atoms with Crippen molar-refractivity contribution in [2.45, 2.75) is 89.4 Å². The van der Waals surface area contributed by atoms with Crippen LogP contribution in [0.3, 0.4) is 0 Å². The first-order valence-corrected chi connectivity index (χ1v) is 20.5. The number of amides is 6. The van der Waals surface area contributed by atoms with Crippen LogP contribution in [0.5, 0.6) is 0 Å². The van der Waals surface area contributed by atoms with Gasteiger partial charge >= 0.3 is 41.9 Å². The fourth-order valence-corrected chi connectivity index (χ4v) is 6.79. The van der Waals surface area contributed by atoms with Gasteiger partial charge in [0.1, 0.15) is 12.1 Å². The van der Waals surface area contributed by atoms with Crippen LogP contribution in [-0.2, 0) is 51.3 Å². The summed E-state index contributed by atoms with van der Waals surface area (Å²) in [5, 5.41) is 60.7. The van der Waals surface area contributed by atoms with Crippen LogP contribution < -0.4 is 31.9 Å². The molecular weight excluding hydrogens is 809 g/mol. The van der Waals surface area contributed by atoms with Crippen LogP contribution in [0.25, 0.3) is 0 Å². The largest absolute Gasteiger partial charge is 0.481 e. The van der Waals surface area contributed by atoms with Gasteiger partial charge in [-0.3, -0.25) is 28.8 Å². The van der Waals surface area contributed by atoms with Gasteiger partial charge in [0.25, 0.3) is 0 Å². The first-order valence-electron chi connectivity index (χ1n) is 18.0. The first-order chi connectivity index (χ1) is 27.4. The van der Waals surface area contributed by atoms with E-state index in [1.807, 2.05) is 6.92 Å². The number of unbranched alkanes of at least 4 members (excludes halogenated alkanes) is 1. The van der Waals surface area contributed by atoms with Gasteiger partial charge < -0.3 is 57.4 Å². The number of carboxylic acid groups (broad SMARTS) is 5. The van der Waals surface area contributed by atoms with Gasteiger partial charge in [0.05, 0.1) is 31.2 Å². The molecule has 58 heavy (non-hydrogen) atoms. The standard InChI is InChI=1S/C35H50N6O15S2/c1-2-57-58-19-25(33(53)54)40-31(50)22(16-29(46)47)15-26(42)24(17-30(48)49)39-27(43)14-20-8-10-21(11-9-20)18-38-34(55)36-12-4-3-6-23(32(51)52)41-35(56)37-13-5-7-28(44)45/h8-11,22-25H,2-7,12-19H2,1H3,(H,39,43)(H,40,50)(H,44,45)(H,46,47)(H,48,49)(H,51,52)(H,53,54)(H2,36,38,55)(H2,37,41,56)/t22-,23+,24-,25-/m1/s1. The molecule has 1 aromatic rings. The quantitative estimate of drug-likeness (QED) is 0.0376. The highest BCUT2D eigenvalue weighted by Crippen LogP contribution is 2.22. The number of urea groups is 2. The Balaban J connectivity index is 2.63.